The third-order valence-electron chi connectivity index (χ3n) is 24.0. The lowest BCUT2D eigenvalue weighted by atomic mass is 9.92. The maximum atomic E-state index is 15.8. The Morgan fingerprint density at radius 2 is 1.05 bits per heavy atom. The van der Waals surface area contributed by atoms with Crippen molar-refractivity contribution in [2.75, 3.05) is 65.4 Å². The largest absolute Gasteiger partial charge is 0.508 e. The van der Waals surface area contributed by atoms with E-state index < -0.39 is 279 Å². The predicted molar refractivity (Wildman–Crippen MR) is 483 cm³/mol. The number of aliphatic carboxylic acids is 2. The molecule has 0 aliphatic carbocycles. The molecule has 0 radical (unpaired) electrons. The summed E-state index contributed by atoms with van der Waals surface area (Å²) in [5.41, 5.74) is 25.9. The molecule has 5 aromatic rings. The number of amides is 17. The first kappa shape index (κ1) is 105. The molecule has 724 valence electrons. The Morgan fingerprint density at radius 3 is 1.64 bits per heavy atom. The molecule has 24 N–H and O–H groups in total. The Bertz CT molecular complexity index is 5050. The van der Waals surface area contributed by atoms with E-state index in [0.29, 0.717) is 69.5 Å². The van der Waals surface area contributed by atoms with E-state index in [1.165, 1.54) is 52.2 Å². The monoisotopic (exact) mass is 1870 g/mol. The van der Waals surface area contributed by atoms with Crippen LogP contribution in [0.5, 0.6) is 5.75 Å². The summed E-state index contributed by atoms with van der Waals surface area (Å²) in [6, 6.07) is -3.62. The Kier molecular flexibility index (Phi) is 39.3. The molecule has 0 saturated carbocycles. The van der Waals surface area contributed by atoms with Gasteiger partial charge in [0.25, 0.3) is 0 Å². The van der Waals surface area contributed by atoms with Crippen LogP contribution in [0.1, 0.15) is 147 Å². The van der Waals surface area contributed by atoms with E-state index in [-0.39, 0.29) is 70.2 Å². The van der Waals surface area contributed by atoms with Gasteiger partial charge >= 0.3 is 11.9 Å². The van der Waals surface area contributed by atoms with Crippen molar-refractivity contribution in [1.82, 2.24) is 87.6 Å². The maximum absolute atomic E-state index is 15.8. The first-order valence-corrected chi connectivity index (χ1v) is 45.3. The van der Waals surface area contributed by atoms with Gasteiger partial charge in [0.05, 0.1) is 24.8 Å². The smallest absolute Gasteiger partial charge is 0.305 e. The number of nitrogens with one attached hydrogen (secondary N) is 12. The minimum atomic E-state index is -1.95. The molecule has 44 nitrogen and oxygen atoms in total. The number of thioether (sulfide) groups is 1. The van der Waals surface area contributed by atoms with Crippen molar-refractivity contribution in [3.05, 3.63) is 102 Å². The van der Waals surface area contributed by atoms with Gasteiger partial charge in [-0.25, -0.2) is 0 Å². The van der Waals surface area contributed by atoms with Crippen molar-refractivity contribution in [1.29, 1.82) is 0 Å². The third kappa shape index (κ3) is 28.9. The average Bonchev–Trinajstić information content (AvgIpc) is 1.69. The van der Waals surface area contributed by atoms with Gasteiger partial charge in [-0.05, 0) is 99.4 Å². The zero-order valence-corrected chi connectivity index (χ0v) is 76.1. The third-order valence-corrected chi connectivity index (χ3v) is 25.0. The Balaban J connectivity index is 1.20. The van der Waals surface area contributed by atoms with Gasteiger partial charge in [0.1, 0.15) is 90.3 Å². The van der Waals surface area contributed by atoms with Crippen LogP contribution in [-0.4, -0.2) is 323 Å². The van der Waals surface area contributed by atoms with E-state index in [2.05, 4.69) is 63.1 Å². The summed E-state index contributed by atoms with van der Waals surface area (Å²) in [5.74, 6) is -22.6. The molecule has 3 aromatic carbocycles. The Labute approximate surface area is 770 Å². The highest BCUT2D eigenvalue weighted by Crippen LogP contribution is 2.29. The van der Waals surface area contributed by atoms with Crippen LogP contribution in [0.4, 0.5) is 0 Å². The number of carbonyl (C=O) groups is 19. The fourth-order valence-corrected chi connectivity index (χ4v) is 17.1. The van der Waals surface area contributed by atoms with Crippen molar-refractivity contribution in [2.45, 2.75) is 233 Å². The number of aromatic amines is 2. The molecule has 3 aliphatic heterocycles. The molecule has 2 aromatic heterocycles. The summed E-state index contributed by atoms with van der Waals surface area (Å²) in [7, 11) is 3.77. The van der Waals surface area contributed by atoms with Crippen LogP contribution in [0, 0.1) is 0 Å². The zero-order chi connectivity index (χ0) is 97.8. The number of likely N-dealkylation sites (N-methyl/N-ethyl adjacent to an activating group) is 3. The second-order valence-electron chi connectivity index (χ2n) is 33.5. The maximum Gasteiger partial charge on any atom is 0.305 e. The van der Waals surface area contributed by atoms with Crippen molar-refractivity contribution >= 4 is 146 Å². The molecule has 16 atom stereocenters. The minimum absolute atomic E-state index is 0.0400. The van der Waals surface area contributed by atoms with Gasteiger partial charge in [0, 0.05) is 119 Å². The molecule has 0 spiro atoms. The van der Waals surface area contributed by atoms with E-state index in [0.717, 1.165) is 31.5 Å². The normalized spacial score (nSPS) is 25.2. The highest BCUT2D eigenvalue weighted by atomic mass is 32.2. The fraction of sp³-hybridized carbons (Fsp3) is 0.534. The average molecular weight is 1880 g/mol. The number of fused-ring (bicyclic) bond motifs is 4. The summed E-state index contributed by atoms with van der Waals surface area (Å²) in [6.45, 7) is 3.81. The Hall–Kier alpha value is -13.3. The number of H-pyrrole nitrogens is 2. The van der Waals surface area contributed by atoms with Crippen LogP contribution >= 0.6 is 11.8 Å². The van der Waals surface area contributed by atoms with E-state index in [9.17, 15) is 78.0 Å². The molecule has 0 bridgehead atoms. The highest BCUT2D eigenvalue weighted by molar-refractivity contribution is 8.00. The molecule has 0 unspecified atom stereocenters. The van der Waals surface area contributed by atoms with Crippen LogP contribution in [0.15, 0.2) is 85.2 Å². The van der Waals surface area contributed by atoms with Crippen LogP contribution in [0.2, 0.25) is 0 Å². The summed E-state index contributed by atoms with van der Waals surface area (Å²) in [4.78, 5) is 284. The number of primary amides is 2. The lowest BCUT2D eigenvalue weighted by Gasteiger charge is -2.36. The standard InChI is InChI=1S/C88H123N21O23S/c1-8-10-21-65-81(125)97-57(29-31-72(115)116)77(121)103-64(76(120)95-42-70(92)113)44-133-45-71(114)104-74(46(3)48-24-26-51(110)27-25-48)88(132)105(5)47(4)75(119)100-62(38-73(117)118)86(130)108-34-16-23-66(108)82(126)102-63(39-90)80(124)98-59(28-30-69(91)112)85(129)109-43-52(111)37-68(109)83(127)99-60(35-49-40-93-55-19-14-12-17-53(49)55)79(123)96-58(32-33-89)78(122)101-61(36-50-41-94-56-20-15-13-18-54(50)56)84(128)107(7)67(22-11-9-2)87(131)106(65)6/h12-15,17-20,24-27,40-41,46-47,52,57-68,74,93-94,110-111H,8-11,16,21-23,28-39,42-45,89-90H2,1-7H3,(H2,91,112)(H2,92,113)(H,95,120)(H,96,123)(H,97,125)(H,98,124)(H,99,127)(H,100,119)(H,101,122)(H,102,126)(H,103,121)(H,104,114)(H,115,116)(H,117,118)/t46-,47-,52+,57-,58-,59-,60-,61-,62-,63-,64-,65-,66-,67-,68-,74-/m0/s1. The summed E-state index contributed by atoms with van der Waals surface area (Å²) in [6.07, 6.45) is -1.85. The zero-order valence-electron chi connectivity index (χ0n) is 75.3. The van der Waals surface area contributed by atoms with E-state index in [1.807, 2.05) is 6.92 Å². The van der Waals surface area contributed by atoms with Gasteiger partial charge in [-0.2, -0.15) is 0 Å². The van der Waals surface area contributed by atoms with Crippen LogP contribution in [0.25, 0.3) is 21.8 Å². The van der Waals surface area contributed by atoms with Crippen molar-refractivity contribution in [3.8, 4) is 5.75 Å². The molecular weight excluding hydrogens is 1750 g/mol. The van der Waals surface area contributed by atoms with E-state index >= 15 is 33.6 Å². The summed E-state index contributed by atoms with van der Waals surface area (Å²) < 4.78 is 0. The van der Waals surface area contributed by atoms with Gasteiger partial charge in [-0.1, -0.05) is 95.0 Å². The number of nitrogens with two attached hydrogens (primary N) is 4. The van der Waals surface area contributed by atoms with E-state index in [4.69, 9.17) is 22.9 Å². The summed E-state index contributed by atoms with van der Waals surface area (Å²) in [5, 5.41) is 68.6. The number of nitrogens with zero attached hydrogens (tertiary/aromatic N) is 5. The number of rotatable bonds is 26. The van der Waals surface area contributed by atoms with Gasteiger partial charge in [0.15, 0.2) is 0 Å². The van der Waals surface area contributed by atoms with Gasteiger partial charge in [-0.3, -0.25) is 91.1 Å². The molecule has 3 aliphatic rings. The van der Waals surface area contributed by atoms with Gasteiger partial charge < -0.3 is 131 Å². The second-order valence-corrected chi connectivity index (χ2v) is 34.5. The molecule has 5 heterocycles. The lowest BCUT2D eigenvalue weighted by molar-refractivity contribution is -0.149. The molecular formula is C88H123N21O23S. The number of aromatic hydroxyl groups is 1. The number of carboxylic acid groups (broad SMARTS) is 2. The minimum Gasteiger partial charge on any atom is -0.508 e. The van der Waals surface area contributed by atoms with Crippen molar-refractivity contribution in [3.63, 3.8) is 0 Å². The van der Waals surface area contributed by atoms with E-state index in [1.54, 1.807) is 67.8 Å². The number of benzene rings is 3. The van der Waals surface area contributed by atoms with Crippen molar-refractivity contribution < 1.29 is 112 Å². The number of para-hydroxylation sites is 2. The number of aliphatic hydroxyl groups excluding tert-OH is 1. The summed E-state index contributed by atoms with van der Waals surface area (Å²) >= 11 is 0.691. The second kappa shape index (κ2) is 49.8. The lowest BCUT2D eigenvalue weighted by Crippen LogP contribution is -2.61. The number of phenols is 1. The number of hydrogen-bond acceptors (Lipinski definition) is 24. The molecule has 17 amide bonds. The number of aromatic nitrogens is 2. The predicted octanol–water partition coefficient (Wildman–Crippen LogP) is -3.60. The van der Waals surface area contributed by atoms with Crippen LogP contribution in [-0.2, 0) is 104 Å². The first-order valence-electron chi connectivity index (χ1n) is 44.2. The fourth-order valence-electron chi connectivity index (χ4n) is 16.3. The molecule has 3 fully saturated rings. The van der Waals surface area contributed by atoms with Crippen LogP contribution in [0.3, 0.4) is 0 Å². The number of hydrogen-bond donors (Lipinski definition) is 20. The molecule has 3 saturated heterocycles. The topological polar surface area (TPSA) is 677 Å². The first-order chi connectivity index (χ1) is 63.2. The molecule has 45 heteroatoms. The number of carbonyl (C=O) groups excluding carboxylic acids is 17. The van der Waals surface area contributed by atoms with Crippen LogP contribution < -0.4 is 76.1 Å². The molecule has 133 heavy (non-hydrogen) atoms. The van der Waals surface area contributed by atoms with Gasteiger partial charge in [-0.15, -0.1) is 11.8 Å². The number of phenolic OH excluding ortho intramolecular Hbond substituents is 1. The number of aliphatic hydroxyl groups is 1. The van der Waals surface area contributed by atoms with Gasteiger partial charge in [0.2, 0.25) is 100 Å². The SMILES string of the molecule is CCCC[C@H]1C(=O)N(C)[C@@H](CCCC)C(=O)N[C@@H](CCC(=O)O)C(=O)N[C@H](C(=O)NCC(N)=O)CSCC(=O)N[C@@H]([C@@H](C)c2ccc(O)cc2)C(=O)N(C)[C@@H](C)C(=O)N[C@@H](CC(=O)O)C(=O)N2CCC[C@H]2C(=O)N[C@@H](CN)C(=O)N[C@@H](CCC(N)=O)C(=O)N2C[C@H](O)C[C@H]2C(=O)N[C@@H](Cc2c[nH]c3ccccc23)C(=O)N[C@@H](CCN)C(=O)N[C@@H](Cc2c[nH]c3ccccc23)C(=O)N1C. The molecule has 8 rings (SSSR count). The number of carboxylic acids is 2. The van der Waals surface area contributed by atoms with Crippen molar-refractivity contribution in [2.24, 2.45) is 22.9 Å². The highest BCUT2D eigenvalue weighted by Gasteiger charge is 2.47. The Morgan fingerprint density at radius 1 is 0.526 bits per heavy atom. The number of unbranched alkanes of at least 4 members (excludes halogenated alkanes) is 2. The quantitative estimate of drug-likeness (QED) is 0.0254.